The number of ether oxygens (including phenoxy) is 2. The highest BCUT2D eigenvalue weighted by Crippen LogP contribution is 2.31. The Kier molecular flexibility index (Phi) is 5.75. The van der Waals surface area contributed by atoms with Crippen LogP contribution in [0.4, 0.5) is 5.69 Å². The molecule has 2 aromatic rings. The van der Waals surface area contributed by atoms with E-state index >= 15 is 0 Å². The van der Waals surface area contributed by atoms with Crippen LogP contribution in [0.5, 0.6) is 5.75 Å². The zero-order valence-corrected chi connectivity index (χ0v) is 14.8. The number of para-hydroxylation sites is 2. The van der Waals surface area contributed by atoms with Crippen molar-refractivity contribution in [2.24, 2.45) is 0 Å². The molecule has 0 saturated carbocycles. The van der Waals surface area contributed by atoms with Gasteiger partial charge in [0.2, 0.25) is 0 Å². The van der Waals surface area contributed by atoms with Gasteiger partial charge in [0.25, 0.3) is 11.8 Å². The zero-order chi connectivity index (χ0) is 19.2. The molecule has 2 amide bonds. The van der Waals surface area contributed by atoms with Gasteiger partial charge in [0, 0.05) is 6.54 Å². The van der Waals surface area contributed by atoms with Gasteiger partial charge in [-0.2, -0.15) is 0 Å². The number of hydrogen-bond acceptors (Lipinski definition) is 6. The molecule has 0 bridgehead atoms. The van der Waals surface area contributed by atoms with E-state index in [0.29, 0.717) is 17.2 Å². The molecule has 8 heteroatoms. The quantitative estimate of drug-likeness (QED) is 0.745. The number of fused-ring (bicyclic) bond motifs is 1. The van der Waals surface area contributed by atoms with Crippen molar-refractivity contribution < 1.29 is 28.3 Å². The Morgan fingerprint density at radius 1 is 1.26 bits per heavy atom. The van der Waals surface area contributed by atoms with Gasteiger partial charge in [0.05, 0.1) is 24.4 Å². The van der Waals surface area contributed by atoms with Crippen LogP contribution in [0.2, 0.25) is 0 Å². The third kappa shape index (κ3) is 4.66. The van der Waals surface area contributed by atoms with Crippen molar-refractivity contribution in [3.63, 3.8) is 0 Å². The Morgan fingerprint density at radius 2 is 2.07 bits per heavy atom. The lowest BCUT2D eigenvalue weighted by atomic mass is 10.2. The second-order valence-electron chi connectivity index (χ2n) is 6.02. The van der Waals surface area contributed by atoms with Crippen molar-refractivity contribution in [3.05, 3.63) is 48.4 Å². The number of esters is 1. The lowest BCUT2D eigenvalue weighted by Crippen LogP contribution is -2.40. The van der Waals surface area contributed by atoms with E-state index in [1.54, 1.807) is 37.3 Å². The smallest absolute Gasteiger partial charge is 0.308 e. The van der Waals surface area contributed by atoms with Crippen LogP contribution < -0.4 is 15.0 Å². The molecule has 8 nitrogen and oxygen atoms in total. The molecule has 0 saturated heterocycles. The first-order chi connectivity index (χ1) is 13.0. The van der Waals surface area contributed by atoms with Crippen LogP contribution in [-0.4, -0.2) is 37.5 Å². The van der Waals surface area contributed by atoms with Crippen LogP contribution in [0, 0.1) is 0 Å². The molecule has 1 aliphatic rings. The van der Waals surface area contributed by atoms with Gasteiger partial charge in [-0.05, 0) is 31.2 Å². The van der Waals surface area contributed by atoms with E-state index in [0.717, 1.165) is 0 Å². The van der Waals surface area contributed by atoms with E-state index in [4.69, 9.17) is 13.9 Å². The summed E-state index contributed by atoms with van der Waals surface area (Å²) in [4.78, 5) is 37.3. The molecule has 27 heavy (non-hydrogen) atoms. The van der Waals surface area contributed by atoms with Crippen LogP contribution in [0.3, 0.4) is 0 Å². The Morgan fingerprint density at radius 3 is 2.85 bits per heavy atom. The number of hydrogen-bond donors (Lipinski definition) is 1. The first-order valence-corrected chi connectivity index (χ1v) is 8.55. The summed E-state index contributed by atoms with van der Waals surface area (Å²) >= 11 is 0. The minimum Gasteiger partial charge on any atom is -0.482 e. The molecule has 2 heterocycles. The maximum atomic E-state index is 12.0. The van der Waals surface area contributed by atoms with Gasteiger partial charge in [-0.3, -0.25) is 14.4 Å². The Bertz CT molecular complexity index is 817. The van der Waals surface area contributed by atoms with Crippen molar-refractivity contribution in [1.29, 1.82) is 0 Å². The van der Waals surface area contributed by atoms with Crippen LogP contribution in [0.1, 0.15) is 25.1 Å². The monoisotopic (exact) mass is 372 g/mol. The van der Waals surface area contributed by atoms with E-state index in [9.17, 15) is 14.4 Å². The van der Waals surface area contributed by atoms with E-state index in [1.165, 1.54) is 11.2 Å². The number of anilines is 1. The molecule has 142 valence electrons. The lowest BCUT2D eigenvalue weighted by molar-refractivity contribution is -0.148. The summed E-state index contributed by atoms with van der Waals surface area (Å²) in [6, 6.07) is 10.3. The van der Waals surface area contributed by atoms with Gasteiger partial charge in [-0.15, -0.1) is 0 Å². The lowest BCUT2D eigenvalue weighted by Gasteiger charge is -2.28. The molecule has 3 rings (SSSR count). The van der Waals surface area contributed by atoms with Crippen molar-refractivity contribution in [3.8, 4) is 5.75 Å². The molecule has 1 aromatic carbocycles. The summed E-state index contributed by atoms with van der Waals surface area (Å²) in [5, 5.41) is 2.67. The Hall–Kier alpha value is -3.29. The van der Waals surface area contributed by atoms with Crippen molar-refractivity contribution >= 4 is 23.5 Å². The summed E-state index contributed by atoms with van der Waals surface area (Å²) in [6.07, 6.45) is 1.49. The van der Waals surface area contributed by atoms with Gasteiger partial charge < -0.3 is 24.1 Å². The van der Waals surface area contributed by atoms with Crippen molar-refractivity contribution in [1.82, 2.24) is 5.32 Å². The van der Waals surface area contributed by atoms with Crippen LogP contribution >= 0.6 is 0 Å². The van der Waals surface area contributed by atoms with Gasteiger partial charge in [0.15, 0.2) is 13.2 Å². The molecule has 0 radical (unpaired) electrons. The van der Waals surface area contributed by atoms with Gasteiger partial charge in [-0.1, -0.05) is 12.1 Å². The number of nitrogens with zero attached hydrogens (tertiary/aromatic N) is 1. The van der Waals surface area contributed by atoms with Crippen molar-refractivity contribution in [2.45, 2.75) is 19.4 Å². The van der Waals surface area contributed by atoms with Gasteiger partial charge >= 0.3 is 5.97 Å². The molecule has 0 fully saturated rings. The van der Waals surface area contributed by atoms with Gasteiger partial charge in [0.1, 0.15) is 11.5 Å². The summed E-state index contributed by atoms with van der Waals surface area (Å²) in [5.74, 6) is -0.0185. The highest BCUT2D eigenvalue weighted by atomic mass is 16.5. The van der Waals surface area contributed by atoms with Crippen LogP contribution in [-0.2, 0) is 19.1 Å². The average molecular weight is 372 g/mol. The maximum absolute atomic E-state index is 12.0. The topological polar surface area (TPSA) is 98.1 Å². The predicted molar refractivity (Wildman–Crippen MR) is 95.1 cm³/mol. The SMILES string of the molecule is C[C@H](NC(=O)COC(=O)CCN1C(=O)COc2ccccc21)c1ccco1. The number of amides is 2. The van der Waals surface area contributed by atoms with E-state index in [-0.39, 0.29) is 31.5 Å². The molecule has 0 spiro atoms. The standard InChI is InChI=1S/C19H20N2O6/c1-13(15-7-4-10-25-15)20-17(22)11-27-19(24)8-9-21-14-5-2-3-6-16(14)26-12-18(21)23/h2-7,10,13H,8-9,11-12H2,1H3,(H,20,22)/t13-/m0/s1. The number of furan rings is 1. The zero-order valence-electron chi connectivity index (χ0n) is 14.8. The molecule has 0 aliphatic carbocycles. The number of rotatable bonds is 7. The fraction of sp³-hybridized carbons (Fsp3) is 0.316. The number of carbonyl (C=O) groups is 3. The minimum absolute atomic E-state index is 0.0267. The first-order valence-electron chi connectivity index (χ1n) is 8.55. The Labute approximate surface area is 156 Å². The highest BCUT2D eigenvalue weighted by Gasteiger charge is 2.25. The van der Waals surface area contributed by atoms with E-state index in [1.807, 2.05) is 6.07 Å². The summed E-state index contributed by atoms with van der Waals surface area (Å²) in [7, 11) is 0. The third-order valence-electron chi connectivity index (χ3n) is 4.06. The first kappa shape index (κ1) is 18.5. The molecule has 1 N–H and O–H groups in total. The third-order valence-corrected chi connectivity index (χ3v) is 4.06. The molecule has 1 atom stereocenters. The van der Waals surface area contributed by atoms with Crippen molar-refractivity contribution in [2.75, 3.05) is 24.7 Å². The number of benzene rings is 1. The minimum atomic E-state index is -0.562. The number of carbonyl (C=O) groups excluding carboxylic acids is 3. The van der Waals surface area contributed by atoms with E-state index < -0.39 is 18.5 Å². The van der Waals surface area contributed by atoms with Crippen LogP contribution in [0.25, 0.3) is 0 Å². The normalized spacial score (nSPS) is 14.1. The molecule has 0 unspecified atom stereocenters. The highest BCUT2D eigenvalue weighted by molar-refractivity contribution is 5.98. The fourth-order valence-electron chi connectivity index (χ4n) is 2.71. The molecular formula is C19H20N2O6. The second kappa shape index (κ2) is 8.39. The van der Waals surface area contributed by atoms with Gasteiger partial charge in [-0.25, -0.2) is 0 Å². The average Bonchev–Trinajstić information content (AvgIpc) is 3.20. The van der Waals surface area contributed by atoms with E-state index in [2.05, 4.69) is 5.32 Å². The fourth-order valence-corrected chi connectivity index (χ4v) is 2.71. The predicted octanol–water partition coefficient (Wildman–Crippen LogP) is 1.82. The molecular weight excluding hydrogens is 352 g/mol. The molecule has 1 aliphatic heterocycles. The summed E-state index contributed by atoms with van der Waals surface area (Å²) in [6.45, 7) is 1.46. The molecule has 1 aromatic heterocycles. The largest absolute Gasteiger partial charge is 0.482 e. The summed E-state index contributed by atoms with van der Waals surface area (Å²) in [5.41, 5.74) is 0.617. The Balaban J connectivity index is 1.45. The van der Waals surface area contributed by atoms with Crippen LogP contribution in [0.15, 0.2) is 47.1 Å². The summed E-state index contributed by atoms with van der Waals surface area (Å²) < 4.78 is 15.5. The maximum Gasteiger partial charge on any atom is 0.308 e. The number of nitrogens with one attached hydrogen (secondary N) is 1. The second-order valence-corrected chi connectivity index (χ2v) is 6.02.